The number of ether oxygens (including phenoxy) is 2. The third-order valence-corrected chi connectivity index (χ3v) is 4.37. The van der Waals surface area contributed by atoms with Crippen molar-refractivity contribution in [2.75, 3.05) is 24.9 Å². The molecule has 0 spiro atoms. The lowest BCUT2D eigenvalue weighted by atomic mass is 10.1. The summed E-state index contributed by atoms with van der Waals surface area (Å²) in [6, 6.07) is 13.4. The van der Waals surface area contributed by atoms with Gasteiger partial charge in [-0.15, -0.1) is 0 Å². The van der Waals surface area contributed by atoms with Gasteiger partial charge in [0.05, 0.1) is 31.9 Å². The lowest BCUT2D eigenvalue weighted by Crippen LogP contribution is -2.27. The van der Waals surface area contributed by atoms with E-state index in [1.54, 1.807) is 49.6 Å². The number of carbonyl (C=O) groups is 2. The number of aromatic nitrogens is 2. The molecule has 31 heavy (non-hydrogen) atoms. The Hall–Kier alpha value is -4.14. The Labute approximate surface area is 178 Å². The van der Waals surface area contributed by atoms with E-state index in [0.717, 1.165) is 5.56 Å². The Morgan fingerprint density at radius 3 is 2.35 bits per heavy atom. The zero-order valence-electron chi connectivity index (χ0n) is 17.3. The molecule has 0 aliphatic rings. The molecular formula is C22H22N4O5. The minimum absolute atomic E-state index is 0.234. The number of rotatable bonds is 7. The summed E-state index contributed by atoms with van der Waals surface area (Å²) >= 11 is 0. The normalized spacial score (nSPS) is 10.3. The highest BCUT2D eigenvalue weighted by Crippen LogP contribution is 2.28. The number of hydrogen-bond donors (Lipinski definition) is 2. The van der Waals surface area contributed by atoms with Crippen molar-refractivity contribution in [2.24, 2.45) is 0 Å². The lowest BCUT2D eigenvalue weighted by molar-refractivity contribution is -0.117. The molecular weight excluding hydrogens is 400 g/mol. The van der Waals surface area contributed by atoms with Crippen LogP contribution in [0.5, 0.6) is 11.5 Å². The predicted molar refractivity (Wildman–Crippen MR) is 116 cm³/mol. The molecule has 0 fully saturated rings. The molecule has 0 bridgehead atoms. The highest BCUT2D eigenvalue weighted by Gasteiger charge is 2.12. The van der Waals surface area contributed by atoms with Crippen molar-refractivity contribution in [3.63, 3.8) is 0 Å². The fraction of sp³-hybridized carbons (Fsp3) is 0.182. The Morgan fingerprint density at radius 2 is 1.74 bits per heavy atom. The van der Waals surface area contributed by atoms with E-state index in [9.17, 15) is 14.4 Å². The van der Waals surface area contributed by atoms with Crippen molar-refractivity contribution in [1.29, 1.82) is 0 Å². The number of nitrogens with zero attached hydrogens (tertiary/aromatic N) is 2. The molecule has 0 aliphatic carbocycles. The molecule has 1 heterocycles. The molecule has 160 valence electrons. The number of amides is 2. The number of benzene rings is 2. The van der Waals surface area contributed by atoms with Gasteiger partial charge in [-0.05, 0) is 42.5 Å². The Balaban J connectivity index is 1.74. The van der Waals surface area contributed by atoms with Crippen LogP contribution in [0.25, 0.3) is 11.3 Å². The van der Waals surface area contributed by atoms with Gasteiger partial charge in [0.25, 0.3) is 5.56 Å². The van der Waals surface area contributed by atoms with Crippen LogP contribution in [0.2, 0.25) is 0 Å². The third kappa shape index (κ3) is 5.47. The minimum atomic E-state index is -0.445. The molecule has 0 saturated carbocycles. The first-order valence-corrected chi connectivity index (χ1v) is 9.36. The van der Waals surface area contributed by atoms with Crippen molar-refractivity contribution in [1.82, 2.24) is 9.55 Å². The fourth-order valence-corrected chi connectivity index (χ4v) is 2.90. The van der Waals surface area contributed by atoms with Crippen molar-refractivity contribution < 1.29 is 19.1 Å². The largest absolute Gasteiger partial charge is 0.497 e. The number of hydrogen-bond acceptors (Lipinski definition) is 6. The molecule has 3 rings (SSSR count). The second-order valence-corrected chi connectivity index (χ2v) is 6.61. The Bertz CT molecular complexity index is 1160. The van der Waals surface area contributed by atoms with Gasteiger partial charge in [0.1, 0.15) is 18.0 Å². The molecule has 0 atom stereocenters. The van der Waals surface area contributed by atoms with Crippen molar-refractivity contribution in [2.45, 2.75) is 13.5 Å². The van der Waals surface area contributed by atoms with Crippen molar-refractivity contribution >= 4 is 23.2 Å². The summed E-state index contributed by atoms with van der Waals surface area (Å²) in [6.45, 7) is 1.15. The van der Waals surface area contributed by atoms with Gasteiger partial charge in [-0.25, -0.2) is 4.98 Å². The van der Waals surface area contributed by atoms with Crippen LogP contribution < -0.4 is 25.7 Å². The summed E-state index contributed by atoms with van der Waals surface area (Å²) in [5.41, 5.74) is 1.76. The number of anilines is 2. The molecule has 3 aromatic rings. The molecule has 0 saturated heterocycles. The zero-order chi connectivity index (χ0) is 22.4. The maximum absolute atomic E-state index is 12.5. The third-order valence-electron chi connectivity index (χ3n) is 4.37. The molecule has 9 nitrogen and oxygen atoms in total. The van der Waals surface area contributed by atoms with E-state index in [1.807, 2.05) is 0 Å². The summed E-state index contributed by atoms with van der Waals surface area (Å²) in [5.74, 6) is 0.436. The van der Waals surface area contributed by atoms with Crippen LogP contribution in [0, 0.1) is 0 Å². The maximum Gasteiger partial charge on any atom is 0.254 e. The number of nitrogens with one attached hydrogen (secondary N) is 2. The summed E-state index contributed by atoms with van der Waals surface area (Å²) in [4.78, 5) is 40.5. The monoisotopic (exact) mass is 422 g/mol. The SMILES string of the molecule is COc1ccc(-c2cc(=O)n(CC(=O)Nc3cc(NC(C)=O)ccc3OC)cn2)cc1. The van der Waals surface area contributed by atoms with Gasteiger partial charge in [-0.1, -0.05) is 0 Å². The summed E-state index contributed by atoms with van der Waals surface area (Å²) in [7, 11) is 3.04. The van der Waals surface area contributed by atoms with E-state index in [0.29, 0.717) is 28.6 Å². The highest BCUT2D eigenvalue weighted by molar-refractivity contribution is 5.94. The van der Waals surface area contributed by atoms with E-state index in [4.69, 9.17) is 9.47 Å². The average Bonchev–Trinajstić information content (AvgIpc) is 2.75. The first-order chi connectivity index (χ1) is 14.9. The van der Waals surface area contributed by atoms with Gasteiger partial charge in [0.15, 0.2) is 0 Å². The van der Waals surface area contributed by atoms with Gasteiger partial charge in [-0.3, -0.25) is 19.0 Å². The Kier molecular flexibility index (Phi) is 6.66. The van der Waals surface area contributed by atoms with Gasteiger partial charge >= 0.3 is 0 Å². The van der Waals surface area contributed by atoms with E-state index < -0.39 is 5.91 Å². The zero-order valence-corrected chi connectivity index (χ0v) is 17.3. The number of methoxy groups -OCH3 is 2. The van der Waals surface area contributed by atoms with E-state index in [2.05, 4.69) is 15.6 Å². The van der Waals surface area contributed by atoms with Crippen LogP contribution in [0.15, 0.2) is 59.7 Å². The molecule has 9 heteroatoms. The van der Waals surface area contributed by atoms with Crippen molar-refractivity contribution in [3.05, 3.63) is 65.2 Å². The fourth-order valence-electron chi connectivity index (χ4n) is 2.90. The van der Waals surface area contributed by atoms with E-state index in [-0.39, 0.29) is 18.0 Å². The lowest BCUT2D eigenvalue weighted by Gasteiger charge is -2.13. The first kappa shape index (κ1) is 21.6. The van der Waals surface area contributed by atoms with Crippen LogP contribution in [0.3, 0.4) is 0 Å². The second kappa shape index (κ2) is 9.57. The van der Waals surface area contributed by atoms with Gasteiger partial charge in [-0.2, -0.15) is 0 Å². The maximum atomic E-state index is 12.5. The molecule has 2 amide bonds. The predicted octanol–water partition coefficient (Wildman–Crippen LogP) is 2.52. The molecule has 0 aliphatic heterocycles. The summed E-state index contributed by atoms with van der Waals surface area (Å²) in [6.07, 6.45) is 1.33. The van der Waals surface area contributed by atoms with Crippen molar-refractivity contribution in [3.8, 4) is 22.8 Å². The van der Waals surface area contributed by atoms with Crippen LogP contribution in [-0.2, 0) is 16.1 Å². The minimum Gasteiger partial charge on any atom is -0.497 e. The van der Waals surface area contributed by atoms with Gasteiger partial charge in [0, 0.05) is 24.2 Å². The van der Waals surface area contributed by atoms with Gasteiger partial charge in [0.2, 0.25) is 11.8 Å². The smallest absolute Gasteiger partial charge is 0.254 e. The molecule has 2 N–H and O–H groups in total. The van der Waals surface area contributed by atoms with E-state index >= 15 is 0 Å². The standard InChI is InChI=1S/C22H22N4O5/c1-14(27)24-16-6-9-20(31-3)19(10-16)25-21(28)12-26-13-23-18(11-22(26)29)15-4-7-17(30-2)8-5-15/h4-11,13H,12H2,1-3H3,(H,24,27)(H,25,28). The van der Waals surface area contributed by atoms with Crippen LogP contribution >= 0.6 is 0 Å². The van der Waals surface area contributed by atoms with E-state index in [1.165, 1.54) is 31.0 Å². The van der Waals surface area contributed by atoms with Crippen LogP contribution in [0.1, 0.15) is 6.92 Å². The molecule has 0 radical (unpaired) electrons. The van der Waals surface area contributed by atoms with Crippen LogP contribution in [0.4, 0.5) is 11.4 Å². The second-order valence-electron chi connectivity index (χ2n) is 6.61. The summed E-state index contributed by atoms with van der Waals surface area (Å²) < 4.78 is 11.6. The molecule has 1 aromatic heterocycles. The quantitative estimate of drug-likeness (QED) is 0.605. The topological polar surface area (TPSA) is 112 Å². The summed E-state index contributed by atoms with van der Waals surface area (Å²) in [5, 5.41) is 5.33. The van der Waals surface area contributed by atoms with Crippen LogP contribution in [-0.4, -0.2) is 35.6 Å². The highest BCUT2D eigenvalue weighted by atomic mass is 16.5. The molecule has 0 unspecified atom stereocenters. The van der Waals surface area contributed by atoms with Gasteiger partial charge < -0.3 is 20.1 Å². The Morgan fingerprint density at radius 1 is 1.00 bits per heavy atom. The number of carbonyl (C=O) groups excluding carboxylic acids is 2. The molecule has 2 aromatic carbocycles. The first-order valence-electron chi connectivity index (χ1n) is 9.36. The average molecular weight is 422 g/mol.